The van der Waals surface area contributed by atoms with Gasteiger partial charge in [-0.2, -0.15) is 5.10 Å². The van der Waals surface area contributed by atoms with Gasteiger partial charge in [0, 0.05) is 29.9 Å². The van der Waals surface area contributed by atoms with Crippen LogP contribution in [0.1, 0.15) is 39.8 Å². The number of aliphatic hydroxyl groups is 1. The first-order chi connectivity index (χ1) is 15.3. The molecular formula is C21H20ClF2N5O3. The van der Waals surface area contributed by atoms with Crippen LogP contribution in [0.3, 0.4) is 0 Å². The summed E-state index contributed by atoms with van der Waals surface area (Å²) < 4.78 is 34.8. The Morgan fingerprint density at radius 2 is 2.12 bits per heavy atom. The van der Waals surface area contributed by atoms with Gasteiger partial charge in [-0.3, -0.25) is 14.8 Å². The molecule has 0 saturated carbocycles. The van der Waals surface area contributed by atoms with Crippen molar-refractivity contribution in [1.82, 2.24) is 20.1 Å². The van der Waals surface area contributed by atoms with E-state index in [-0.39, 0.29) is 11.6 Å². The Morgan fingerprint density at radius 1 is 1.34 bits per heavy atom. The maximum absolute atomic E-state index is 14.6. The Bertz CT molecular complexity index is 1160. The summed E-state index contributed by atoms with van der Waals surface area (Å²) in [6.45, 7) is -0.0280. The first-order valence-corrected chi connectivity index (χ1v) is 10.2. The normalized spacial score (nSPS) is 16.1. The highest BCUT2D eigenvalue weighted by Gasteiger charge is 2.31. The molecule has 168 valence electrons. The number of aliphatic hydroxyl groups excluding tert-OH is 1. The van der Waals surface area contributed by atoms with Crippen molar-refractivity contribution in [2.75, 3.05) is 5.32 Å². The van der Waals surface area contributed by atoms with Crippen molar-refractivity contribution in [2.45, 2.75) is 31.9 Å². The van der Waals surface area contributed by atoms with Gasteiger partial charge in [-0.15, -0.1) is 0 Å². The first-order valence-electron chi connectivity index (χ1n) is 9.79. The molecule has 2 atom stereocenters. The summed E-state index contributed by atoms with van der Waals surface area (Å²) in [5.41, 5.74) is 1.44. The number of halogens is 3. The van der Waals surface area contributed by atoms with Crippen molar-refractivity contribution < 1.29 is 23.4 Å². The second kappa shape index (κ2) is 9.29. The molecule has 11 heteroatoms. The molecule has 0 saturated heterocycles. The van der Waals surface area contributed by atoms with Gasteiger partial charge in [0.2, 0.25) is 6.41 Å². The number of carbonyl (C=O) groups excluding carboxylic acids is 1. The maximum atomic E-state index is 14.6. The van der Waals surface area contributed by atoms with Gasteiger partial charge in [0.05, 0.1) is 5.02 Å². The molecule has 0 radical (unpaired) electrons. The van der Waals surface area contributed by atoms with Crippen molar-refractivity contribution in [2.24, 2.45) is 7.05 Å². The van der Waals surface area contributed by atoms with E-state index in [4.69, 9.17) is 16.3 Å². The minimum Gasteiger partial charge on any atom is -0.356 e. The number of hydrogen-bond acceptors (Lipinski definition) is 6. The van der Waals surface area contributed by atoms with E-state index in [2.05, 4.69) is 20.7 Å². The van der Waals surface area contributed by atoms with Gasteiger partial charge in [-0.25, -0.2) is 13.8 Å². The number of ether oxygens (including phenoxy) is 1. The molecule has 1 unspecified atom stereocenters. The standard InChI is InChI=1S/C21H20ClF2N5O3/c1-29-10-25-18(28-29)9-32-21(31)27-17-7-4-12-13(3-6-16(24)19(12)17)20(30)26-11-2-5-15(23)14(22)8-11/h2-3,5-6,8,10,17,21,27,31H,4,7,9H2,1H3,(H,26,30)/t17-,21?/m0/s1. The van der Waals surface area contributed by atoms with E-state index in [0.717, 1.165) is 6.07 Å². The van der Waals surface area contributed by atoms with Crippen LogP contribution in [-0.4, -0.2) is 32.2 Å². The van der Waals surface area contributed by atoms with Crippen molar-refractivity contribution in [3.8, 4) is 0 Å². The molecule has 1 amide bonds. The average Bonchev–Trinajstić information content (AvgIpc) is 3.36. The number of carbonyl (C=O) groups is 1. The number of benzene rings is 2. The van der Waals surface area contributed by atoms with Crippen LogP contribution in [0.4, 0.5) is 14.5 Å². The van der Waals surface area contributed by atoms with Crippen LogP contribution >= 0.6 is 11.6 Å². The largest absolute Gasteiger partial charge is 0.356 e. The number of nitrogens with one attached hydrogen (secondary N) is 2. The molecule has 0 spiro atoms. The quantitative estimate of drug-likeness (QED) is 0.465. The summed E-state index contributed by atoms with van der Waals surface area (Å²) >= 11 is 5.76. The minimum atomic E-state index is -1.38. The van der Waals surface area contributed by atoms with E-state index in [1.807, 2.05) is 0 Å². The highest BCUT2D eigenvalue weighted by molar-refractivity contribution is 6.31. The number of amides is 1. The van der Waals surface area contributed by atoms with Crippen molar-refractivity contribution in [3.05, 3.63) is 75.8 Å². The van der Waals surface area contributed by atoms with E-state index in [0.29, 0.717) is 41.0 Å². The fraction of sp³-hybridized carbons (Fsp3) is 0.286. The fourth-order valence-electron chi connectivity index (χ4n) is 3.69. The predicted octanol–water partition coefficient (Wildman–Crippen LogP) is 3.07. The average molecular weight is 464 g/mol. The summed E-state index contributed by atoms with van der Waals surface area (Å²) in [7, 11) is 1.71. The molecule has 0 bridgehead atoms. The fourth-order valence-corrected chi connectivity index (χ4v) is 3.87. The van der Waals surface area contributed by atoms with E-state index < -0.39 is 30.0 Å². The lowest BCUT2D eigenvalue weighted by Gasteiger charge is -2.20. The summed E-state index contributed by atoms with van der Waals surface area (Å²) in [5, 5.41) is 19.6. The predicted molar refractivity (Wildman–Crippen MR) is 112 cm³/mol. The number of hydrogen-bond donors (Lipinski definition) is 3. The van der Waals surface area contributed by atoms with Gasteiger partial charge in [0.25, 0.3) is 5.91 Å². The first kappa shape index (κ1) is 22.3. The number of aryl methyl sites for hydroxylation is 1. The molecule has 8 nitrogen and oxygen atoms in total. The van der Waals surface area contributed by atoms with Gasteiger partial charge in [-0.1, -0.05) is 11.6 Å². The lowest BCUT2D eigenvalue weighted by molar-refractivity contribution is -0.136. The molecule has 0 aliphatic heterocycles. The van der Waals surface area contributed by atoms with Gasteiger partial charge in [-0.05, 0) is 48.7 Å². The molecule has 4 rings (SSSR count). The summed E-state index contributed by atoms with van der Waals surface area (Å²) in [5.74, 6) is -1.16. The smallest absolute Gasteiger partial charge is 0.255 e. The second-order valence-electron chi connectivity index (χ2n) is 7.33. The molecule has 0 fully saturated rings. The van der Waals surface area contributed by atoms with E-state index in [1.54, 1.807) is 7.05 Å². The van der Waals surface area contributed by atoms with Gasteiger partial charge < -0.3 is 15.2 Å². The lowest BCUT2D eigenvalue weighted by Crippen LogP contribution is -2.34. The summed E-state index contributed by atoms with van der Waals surface area (Å²) in [6, 6.07) is 5.89. The van der Waals surface area contributed by atoms with Crippen molar-refractivity contribution in [3.63, 3.8) is 0 Å². The van der Waals surface area contributed by atoms with Crippen molar-refractivity contribution in [1.29, 1.82) is 0 Å². The maximum Gasteiger partial charge on any atom is 0.255 e. The zero-order valence-corrected chi connectivity index (χ0v) is 17.7. The molecule has 32 heavy (non-hydrogen) atoms. The summed E-state index contributed by atoms with van der Waals surface area (Å²) in [6.07, 6.45) is 1.01. The zero-order chi connectivity index (χ0) is 22.8. The number of anilines is 1. The Hall–Kier alpha value is -2.92. The zero-order valence-electron chi connectivity index (χ0n) is 17.0. The molecule has 1 aliphatic carbocycles. The number of aromatic nitrogens is 3. The third kappa shape index (κ3) is 4.78. The molecule has 2 aromatic carbocycles. The molecule has 1 aliphatic rings. The highest BCUT2D eigenvalue weighted by Crippen LogP contribution is 2.36. The highest BCUT2D eigenvalue weighted by atomic mass is 35.5. The Balaban J connectivity index is 1.46. The molecule has 1 heterocycles. The molecule has 1 aromatic heterocycles. The van der Waals surface area contributed by atoms with E-state index >= 15 is 0 Å². The number of rotatable bonds is 7. The van der Waals surface area contributed by atoms with Gasteiger partial charge in [0.1, 0.15) is 24.6 Å². The molecule has 3 aromatic rings. The second-order valence-corrected chi connectivity index (χ2v) is 7.73. The lowest BCUT2D eigenvalue weighted by atomic mass is 10.0. The number of fused-ring (bicyclic) bond motifs is 1. The minimum absolute atomic E-state index is 0.0280. The van der Waals surface area contributed by atoms with Crippen LogP contribution in [0.25, 0.3) is 0 Å². The Morgan fingerprint density at radius 3 is 2.84 bits per heavy atom. The van der Waals surface area contributed by atoms with Gasteiger partial charge in [0.15, 0.2) is 5.82 Å². The van der Waals surface area contributed by atoms with E-state index in [9.17, 15) is 18.7 Å². The van der Waals surface area contributed by atoms with Crippen molar-refractivity contribution >= 4 is 23.2 Å². The van der Waals surface area contributed by atoms with Crippen LogP contribution in [0.5, 0.6) is 0 Å². The van der Waals surface area contributed by atoms with Crippen LogP contribution in [0, 0.1) is 11.6 Å². The van der Waals surface area contributed by atoms with E-state index in [1.165, 1.54) is 35.3 Å². The summed E-state index contributed by atoms with van der Waals surface area (Å²) in [4.78, 5) is 16.8. The topological polar surface area (TPSA) is 101 Å². The van der Waals surface area contributed by atoms with Crippen LogP contribution in [-0.2, 0) is 24.8 Å². The Labute approximate surface area is 187 Å². The third-order valence-corrected chi connectivity index (χ3v) is 5.41. The van der Waals surface area contributed by atoms with Crippen LogP contribution in [0.2, 0.25) is 5.02 Å². The SMILES string of the molecule is Cn1cnc(COC(O)N[C@H]2CCc3c(C(=O)Nc4ccc(F)c(Cl)c4)ccc(F)c32)n1. The molecular weight excluding hydrogens is 444 g/mol. The monoisotopic (exact) mass is 463 g/mol. The molecule has 3 N–H and O–H groups in total. The van der Waals surface area contributed by atoms with Crippen LogP contribution in [0.15, 0.2) is 36.7 Å². The van der Waals surface area contributed by atoms with Gasteiger partial charge >= 0.3 is 0 Å². The van der Waals surface area contributed by atoms with Crippen LogP contribution < -0.4 is 10.6 Å². The third-order valence-electron chi connectivity index (χ3n) is 5.12. The number of nitrogens with zero attached hydrogens (tertiary/aromatic N) is 3. The Kier molecular flexibility index (Phi) is 6.47.